The summed E-state index contributed by atoms with van der Waals surface area (Å²) in [6.07, 6.45) is 5.10. The average molecular weight is 307 g/mol. The zero-order valence-electron chi connectivity index (χ0n) is 12.7. The van der Waals surface area contributed by atoms with Gasteiger partial charge in [-0.1, -0.05) is 6.07 Å². The number of nitrogens with zero attached hydrogens (tertiary/aromatic N) is 3. The minimum Gasteiger partial charge on any atom is -0.489 e. The molecule has 1 aromatic heterocycles. The molecule has 1 aromatic carbocycles. The van der Waals surface area contributed by atoms with Gasteiger partial charge in [0.2, 0.25) is 0 Å². The minimum atomic E-state index is -0.0260. The van der Waals surface area contributed by atoms with Gasteiger partial charge in [0.15, 0.2) is 0 Å². The van der Waals surface area contributed by atoms with Crippen molar-refractivity contribution in [2.75, 3.05) is 13.1 Å². The molecule has 23 heavy (non-hydrogen) atoms. The first kappa shape index (κ1) is 15.0. The van der Waals surface area contributed by atoms with Gasteiger partial charge in [-0.25, -0.2) is 0 Å². The van der Waals surface area contributed by atoms with E-state index in [1.807, 2.05) is 17.0 Å². The fourth-order valence-electron chi connectivity index (χ4n) is 2.69. The summed E-state index contributed by atoms with van der Waals surface area (Å²) in [5.74, 6) is 0.737. The van der Waals surface area contributed by atoms with Crippen molar-refractivity contribution in [1.82, 2.24) is 9.88 Å². The Balaban J connectivity index is 1.58. The molecule has 1 aliphatic rings. The highest BCUT2D eigenvalue weighted by atomic mass is 16.5. The molecule has 3 rings (SSSR count). The molecule has 0 bridgehead atoms. The van der Waals surface area contributed by atoms with Gasteiger partial charge in [-0.05, 0) is 30.3 Å². The number of hydrogen-bond donors (Lipinski definition) is 0. The van der Waals surface area contributed by atoms with Crippen LogP contribution in [0.4, 0.5) is 0 Å². The van der Waals surface area contributed by atoms with Gasteiger partial charge in [0, 0.05) is 37.7 Å². The number of pyridine rings is 1. The van der Waals surface area contributed by atoms with E-state index in [4.69, 9.17) is 10.00 Å². The third-order valence-electron chi connectivity index (χ3n) is 3.90. The third-order valence-corrected chi connectivity index (χ3v) is 3.90. The monoisotopic (exact) mass is 307 g/mol. The van der Waals surface area contributed by atoms with Gasteiger partial charge in [0.1, 0.15) is 11.9 Å². The molecule has 1 fully saturated rings. The first-order chi connectivity index (χ1) is 11.3. The predicted molar refractivity (Wildman–Crippen MR) is 84.9 cm³/mol. The van der Waals surface area contributed by atoms with Gasteiger partial charge in [-0.15, -0.1) is 0 Å². The maximum atomic E-state index is 12.5. The van der Waals surface area contributed by atoms with E-state index in [-0.39, 0.29) is 12.0 Å². The highest BCUT2D eigenvalue weighted by molar-refractivity contribution is 5.94. The van der Waals surface area contributed by atoms with Crippen molar-refractivity contribution >= 4 is 5.91 Å². The quantitative estimate of drug-likeness (QED) is 0.874. The van der Waals surface area contributed by atoms with Crippen LogP contribution in [0.3, 0.4) is 0 Å². The lowest BCUT2D eigenvalue weighted by atomic mass is 10.1. The Morgan fingerprint density at radius 2 is 2.09 bits per heavy atom. The van der Waals surface area contributed by atoms with Crippen molar-refractivity contribution in [3.63, 3.8) is 0 Å². The SMILES string of the molecule is N#Cc1cccc(C(=O)N2CCC(Oc3cccnc3)CC2)c1. The number of carbonyl (C=O) groups is 1. The normalized spacial score (nSPS) is 15.0. The van der Waals surface area contributed by atoms with Crippen LogP contribution in [-0.4, -0.2) is 35.0 Å². The Labute approximate surface area is 135 Å². The first-order valence-corrected chi connectivity index (χ1v) is 7.62. The van der Waals surface area contributed by atoms with E-state index in [1.165, 1.54) is 0 Å². The van der Waals surface area contributed by atoms with Crippen molar-refractivity contribution in [1.29, 1.82) is 5.26 Å². The molecule has 0 N–H and O–H groups in total. The summed E-state index contributed by atoms with van der Waals surface area (Å²) in [6.45, 7) is 1.31. The number of rotatable bonds is 3. The van der Waals surface area contributed by atoms with Crippen LogP contribution in [0, 0.1) is 11.3 Å². The molecule has 0 atom stereocenters. The van der Waals surface area contributed by atoms with E-state index < -0.39 is 0 Å². The van der Waals surface area contributed by atoms with Crippen LogP contribution in [0.2, 0.25) is 0 Å². The molecule has 0 spiro atoms. The number of benzene rings is 1. The lowest BCUT2D eigenvalue weighted by Gasteiger charge is -2.32. The second-order valence-electron chi connectivity index (χ2n) is 5.49. The lowest BCUT2D eigenvalue weighted by Crippen LogP contribution is -2.41. The molecular formula is C18H17N3O2. The fourth-order valence-corrected chi connectivity index (χ4v) is 2.69. The molecule has 0 saturated carbocycles. The number of nitriles is 1. The second-order valence-corrected chi connectivity index (χ2v) is 5.49. The average Bonchev–Trinajstić information content (AvgIpc) is 2.63. The zero-order chi connectivity index (χ0) is 16.1. The summed E-state index contributed by atoms with van der Waals surface area (Å²) in [5, 5.41) is 8.93. The summed E-state index contributed by atoms with van der Waals surface area (Å²) >= 11 is 0. The van der Waals surface area contributed by atoms with E-state index in [0.29, 0.717) is 24.2 Å². The number of amides is 1. The van der Waals surface area contributed by atoms with Crippen LogP contribution >= 0.6 is 0 Å². The summed E-state index contributed by atoms with van der Waals surface area (Å²) in [5.41, 5.74) is 1.07. The van der Waals surface area contributed by atoms with Gasteiger partial charge >= 0.3 is 0 Å². The minimum absolute atomic E-state index is 0.0260. The number of carbonyl (C=O) groups excluding carboxylic acids is 1. The molecule has 0 unspecified atom stereocenters. The van der Waals surface area contributed by atoms with Crippen molar-refractivity contribution in [3.05, 3.63) is 59.9 Å². The highest BCUT2D eigenvalue weighted by Gasteiger charge is 2.24. The van der Waals surface area contributed by atoms with Crippen LogP contribution in [0.25, 0.3) is 0 Å². The van der Waals surface area contributed by atoms with E-state index in [2.05, 4.69) is 11.1 Å². The number of piperidine rings is 1. The predicted octanol–water partition coefficient (Wildman–Crippen LogP) is 2.64. The largest absolute Gasteiger partial charge is 0.489 e. The molecule has 1 saturated heterocycles. The first-order valence-electron chi connectivity index (χ1n) is 7.62. The molecule has 5 heteroatoms. The molecule has 1 amide bonds. The lowest BCUT2D eigenvalue weighted by molar-refractivity contribution is 0.0595. The number of ether oxygens (including phenoxy) is 1. The fraction of sp³-hybridized carbons (Fsp3) is 0.278. The van der Waals surface area contributed by atoms with Gasteiger partial charge in [0.25, 0.3) is 5.91 Å². The molecular weight excluding hydrogens is 290 g/mol. The number of hydrogen-bond acceptors (Lipinski definition) is 4. The maximum Gasteiger partial charge on any atom is 0.253 e. The molecule has 2 aromatic rings. The Morgan fingerprint density at radius 1 is 1.26 bits per heavy atom. The second kappa shape index (κ2) is 6.93. The van der Waals surface area contributed by atoms with Crippen molar-refractivity contribution < 1.29 is 9.53 Å². The Morgan fingerprint density at radius 3 is 2.78 bits per heavy atom. The standard InChI is InChI=1S/C18H17N3O2/c19-12-14-3-1-4-15(11-14)18(22)21-9-6-16(7-10-21)23-17-5-2-8-20-13-17/h1-5,8,11,13,16H,6-7,9-10H2. The van der Waals surface area contributed by atoms with Crippen molar-refractivity contribution in [3.8, 4) is 11.8 Å². The zero-order valence-corrected chi connectivity index (χ0v) is 12.7. The molecule has 1 aliphatic heterocycles. The molecule has 0 aliphatic carbocycles. The molecule has 0 radical (unpaired) electrons. The van der Waals surface area contributed by atoms with Crippen LogP contribution in [0.5, 0.6) is 5.75 Å². The molecule has 5 nitrogen and oxygen atoms in total. The van der Waals surface area contributed by atoms with Crippen LogP contribution in [0.15, 0.2) is 48.8 Å². The Bertz CT molecular complexity index is 717. The summed E-state index contributed by atoms with van der Waals surface area (Å²) in [7, 11) is 0. The number of likely N-dealkylation sites (tertiary alicyclic amines) is 1. The van der Waals surface area contributed by atoms with E-state index in [1.54, 1.807) is 36.7 Å². The van der Waals surface area contributed by atoms with Crippen molar-refractivity contribution in [2.45, 2.75) is 18.9 Å². The van der Waals surface area contributed by atoms with Crippen LogP contribution < -0.4 is 4.74 Å². The van der Waals surface area contributed by atoms with Gasteiger partial charge in [-0.2, -0.15) is 5.26 Å². The van der Waals surface area contributed by atoms with Gasteiger partial charge in [0.05, 0.1) is 17.8 Å². The highest BCUT2D eigenvalue weighted by Crippen LogP contribution is 2.19. The Kier molecular flexibility index (Phi) is 4.53. The maximum absolute atomic E-state index is 12.5. The Hall–Kier alpha value is -2.87. The van der Waals surface area contributed by atoms with Gasteiger partial charge in [-0.3, -0.25) is 9.78 Å². The van der Waals surface area contributed by atoms with E-state index in [0.717, 1.165) is 18.6 Å². The summed E-state index contributed by atoms with van der Waals surface area (Å²) in [4.78, 5) is 18.4. The van der Waals surface area contributed by atoms with Crippen molar-refractivity contribution in [2.24, 2.45) is 0 Å². The summed E-state index contributed by atoms with van der Waals surface area (Å²) < 4.78 is 5.88. The van der Waals surface area contributed by atoms with Crippen LogP contribution in [0.1, 0.15) is 28.8 Å². The van der Waals surface area contributed by atoms with E-state index >= 15 is 0 Å². The topological polar surface area (TPSA) is 66.2 Å². The van der Waals surface area contributed by atoms with Crippen LogP contribution in [-0.2, 0) is 0 Å². The number of aromatic nitrogens is 1. The van der Waals surface area contributed by atoms with E-state index in [9.17, 15) is 4.79 Å². The summed E-state index contributed by atoms with van der Waals surface area (Å²) in [6, 6.07) is 12.6. The molecule has 2 heterocycles. The third kappa shape index (κ3) is 3.67. The smallest absolute Gasteiger partial charge is 0.253 e. The van der Waals surface area contributed by atoms with Gasteiger partial charge < -0.3 is 9.64 Å². The molecule has 116 valence electrons.